The van der Waals surface area contributed by atoms with Crippen molar-refractivity contribution in [2.45, 2.75) is 46.5 Å². The predicted octanol–water partition coefficient (Wildman–Crippen LogP) is 2.78. The Hall–Kier alpha value is -2.37. The van der Waals surface area contributed by atoms with Gasteiger partial charge in [-0.25, -0.2) is 0 Å². The fourth-order valence-electron chi connectivity index (χ4n) is 3.01. The van der Waals surface area contributed by atoms with Crippen molar-refractivity contribution in [2.75, 3.05) is 18.0 Å². The highest BCUT2D eigenvalue weighted by Crippen LogP contribution is 2.33. The topological polar surface area (TPSA) is 86.7 Å². The van der Waals surface area contributed by atoms with E-state index in [0.717, 1.165) is 17.7 Å². The van der Waals surface area contributed by atoms with Crippen LogP contribution in [0.25, 0.3) is 0 Å². The van der Waals surface area contributed by atoms with Gasteiger partial charge >= 0.3 is 5.97 Å². The van der Waals surface area contributed by atoms with Gasteiger partial charge < -0.3 is 15.3 Å². The lowest BCUT2D eigenvalue weighted by molar-refractivity contribution is -0.147. The van der Waals surface area contributed by atoms with E-state index in [4.69, 9.17) is 5.11 Å². The van der Waals surface area contributed by atoms with Crippen LogP contribution in [0.1, 0.15) is 52.0 Å². The molecule has 2 N–H and O–H groups in total. The fraction of sp³-hybridized carbons (Fsp3) is 0.550. The summed E-state index contributed by atoms with van der Waals surface area (Å²) in [5, 5.41) is 11.8. The van der Waals surface area contributed by atoms with Crippen LogP contribution in [0.15, 0.2) is 24.3 Å². The molecule has 0 bridgehead atoms. The Morgan fingerprint density at radius 3 is 2.62 bits per heavy atom. The molecule has 1 fully saturated rings. The van der Waals surface area contributed by atoms with Gasteiger partial charge in [0.2, 0.25) is 11.8 Å². The molecule has 1 aromatic rings. The first kappa shape index (κ1) is 19.9. The molecule has 2 rings (SSSR count). The number of benzene rings is 1. The summed E-state index contributed by atoms with van der Waals surface area (Å²) in [6.07, 6.45) is 1.11. The van der Waals surface area contributed by atoms with Gasteiger partial charge in [-0.15, -0.1) is 0 Å². The highest BCUT2D eigenvalue weighted by Gasteiger charge is 2.37. The van der Waals surface area contributed by atoms with Gasteiger partial charge in [-0.3, -0.25) is 14.4 Å². The van der Waals surface area contributed by atoms with Crippen molar-refractivity contribution >= 4 is 23.5 Å². The molecular weight excluding hydrogens is 332 g/mol. The highest BCUT2D eigenvalue weighted by atomic mass is 16.4. The van der Waals surface area contributed by atoms with Crippen molar-refractivity contribution in [1.82, 2.24) is 5.32 Å². The van der Waals surface area contributed by atoms with E-state index in [-0.39, 0.29) is 24.8 Å². The van der Waals surface area contributed by atoms with Crippen LogP contribution in [0.2, 0.25) is 0 Å². The van der Waals surface area contributed by atoms with Crippen molar-refractivity contribution < 1.29 is 19.5 Å². The molecule has 1 aromatic carbocycles. The van der Waals surface area contributed by atoms with Crippen molar-refractivity contribution in [2.24, 2.45) is 11.3 Å². The van der Waals surface area contributed by atoms with Gasteiger partial charge in [0.1, 0.15) is 0 Å². The number of hydrogen-bond donors (Lipinski definition) is 2. The van der Waals surface area contributed by atoms with Crippen LogP contribution in [0.5, 0.6) is 0 Å². The Morgan fingerprint density at radius 1 is 1.35 bits per heavy atom. The average molecular weight is 360 g/mol. The third-order valence-corrected chi connectivity index (χ3v) is 5.15. The maximum atomic E-state index is 12.5. The van der Waals surface area contributed by atoms with Crippen molar-refractivity contribution in [3.63, 3.8) is 0 Å². The smallest absolute Gasteiger partial charge is 0.310 e. The van der Waals surface area contributed by atoms with Crippen LogP contribution >= 0.6 is 0 Å². The molecule has 1 heterocycles. The quantitative estimate of drug-likeness (QED) is 0.783. The number of carbonyl (C=O) groups excluding carboxylic acids is 2. The average Bonchev–Trinajstić information content (AvgIpc) is 3.00. The molecule has 0 aliphatic carbocycles. The zero-order valence-electron chi connectivity index (χ0n) is 15.9. The number of hydrogen-bond acceptors (Lipinski definition) is 3. The number of carbonyl (C=O) groups is 3. The second kappa shape index (κ2) is 7.89. The minimum atomic E-state index is -1.04. The number of carboxylic acids is 1. The number of nitrogens with zero attached hydrogens (tertiary/aromatic N) is 1. The number of carboxylic acid groups (broad SMARTS) is 1. The molecule has 0 radical (unpaired) electrons. The second-order valence-electron chi connectivity index (χ2n) is 7.68. The molecule has 2 unspecified atom stereocenters. The molecule has 0 saturated carbocycles. The lowest BCUT2D eigenvalue weighted by Crippen LogP contribution is -2.41. The number of rotatable bonds is 7. The zero-order chi connectivity index (χ0) is 19.5. The van der Waals surface area contributed by atoms with E-state index in [1.54, 1.807) is 18.7 Å². The van der Waals surface area contributed by atoms with E-state index in [9.17, 15) is 14.4 Å². The molecule has 2 atom stereocenters. The first-order chi connectivity index (χ1) is 12.2. The molecular formula is C20H28N2O4. The fourth-order valence-corrected chi connectivity index (χ4v) is 3.01. The van der Waals surface area contributed by atoms with Gasteiger partial charge in [0.05, 0.1) is 11.3 Å². The molecule has 0 aromatic heterocycles. The summed E-state index contributed by atoms with van der Waals surface area (Å²) in [5.41, 5.74) is 0.936. The number of para-hydroxylation sites is 1. The summed E-state index contributed by atoms with van der Waals surface area (Å²) in [7, 11) is 0. The van der Waals surface area contributed by atoms with E-state index in [0.29, 0.717) is 12.5 Å². The molecule has 1 saturated heterocycles. The van der Waals surface area contributed by atoms with Gasteiger partial charge in [0.15, 0.2) is 0 Å². The minimum Gasteiger partial charge on any atom is -0.481 e. The first-order valence-corrected chi connectivity index (χ1v) is 9.07. The SMILES string of the molecule is CCC(C)c1ccccc1N1CC(C(=O)NCC(C)(C)C(=O)O)CC1=O. The van der Waals surface area contributed by atoms with Crippen LogP contribution < -0.4 is 10.2 Å². The minimum absolute atomic E-state index is 0.0370. The van der Waals surface area contributed by atoms with E-state index < -0.39 is 17.3 Å². The van der Waals surface area contributed by atoms with Gasteiger partial charge in [0.25, 0.3) is 0 Å². The van der Waals surface area contributed by atoms with Crippen LogP contribution in [-0.4, -0.2) is 36.0 Å². The Labute approximate surface area is 154 Å². The third kappa shape index (κ3) is 4.23. The van der Waals surface area contributed by atoms with Crippen molar-refractivity contribution in [3.05, 3.63) is 29.8 Å². The number of amides is 2. The van der Waals surface area contributed by atoms with Gasteiger partial charge in [-0.2, -0.15) is 0 Å². The lowest BCUT2D eigenvalue weighted by atomic mass is 9.93. The van der Waals surface area contributed by atoms with Crippen LogP contribution in [0.4, 0.5) is 5.69 Å². The van der Waals surface area contributed by atoms with E-state index in [1.807, 2.05) is 24.3 Å². The van der Waals surface area contributed by atoms with Crippen LogP contribution in [0.3, 0.4) is 0 Å². The lowest BCUT2D eigenvalue weighted by Gasteiger charge is -2.23. The zero-order valence-corrected chi connectivity index (χ0v) is 15.9. The third-order valence-electron chi connectivity index (χ3n) is 5.15. The summed E-state index contributed by atoms with van der Waals surface area (Å²) in [5.74, 6) is -1.45. The summed E-state index contributed by atoms with van der Waals surface area (Å²) >= 11 is 0. The maximum absolute atomic E-state index is 12.5. The predicted molar refractivity (Wildman–Crippen MR) is 100 cm³/mol. The van der Waals surface area contributed by atoms with E-state index in [2.05, 4.69) is 19.2 Å². The Bertz CT molecular complexity index is 699. The van der Waals surface area contributed by atoms with Crippen molar-refractivity contribution in [3.8, 4) is 0 Å². The summed E-state index contributed by atoms with van der Waals surface area (Å²) in [6.45, 7) is 7.71. The van der Waals surface area contributed by atoms with E-state index >= 15 is 0 Å². The molecule has 26 heavy (non-hydrogen) atoms. The van der Waals surface area contributed by atoms with Crippen LogP contribution in [-0.2, 0) is 14.4 Å². The molecule has 1 aliphatic rings. The van der Waals surface area contributed by atoms with Crippen LogP contribution in [0, 0.1) is 11.3 Å². The standard InChI is InChI=1S/C20H28N2O4/c1-5-13(2)15-8-6-7-9-16(15)22-11-14(10-17(22)23)18(24)21-12-20(3,4)19(25)26/h6-9,13-14H,5,10-12H2,1-4H3,(H,21,24)(H,25,26). The van der Waals surface area contributed by atoms with Gasteiger partial charge in [-0.05, 0) is 37.8 Å². The highest BCUT2D eigenvalue weighted by molar-refractivity contribution is 6.01. The molecule has 142 valence electrons. The summed E-state index contributed by atoms with van der Waals surface area (Å²) in [6, 6.07) is 7.81. The molecule has 6 heteroatoms. The molecule has 2 amide bonds. The molecule has 0 spiro atoms. The summed E-state index contributed by atoms with van der Waals surface area (Å²) < 4.78 is 0. The number of anilines is 1. The Kier molecular flexibility index (Phi) is 6.05. The van der Waals surface area contributed by atoms with Gasteiger partial charge in [0, 0.05) is 25.2 Å². The normalized spacial score (nSPS) is 18.7. The first-order valence-electron chi connectivity index (χ1n) is 9.07. The summed E-state index contributed by atoms with van der Waals surface area (Å²) in [4.78, 5) is 37.8. The van der Waals surface area contributed by atoms with E-state index in [1.165, 1.54) is 0 Å². The second-order valence-corrected chi connectivity index (χ2v) is 7.68. The Balaban J connectivity index is 2.10. The number of aliphatic carboxylic acids is 1. The van der Waals surface area contributed by atoms with Gasteiger partial charge in [-0.1, -0.05) is 32.0 Å². The van der Waals surface area contributed by atoms with Crippen molar-refractivity contribution in [1.29, 1.82) is 0 Å². The largest absolute Gasteiger partial charge is 0.481 e. The Morgan fingerprint density at radius 2 is 2.00 bits per heavy atom. The maximum Gasteiger partial charge on any atom is 0.310 e. The molecule has 1 aliphatic heterocycles. The molecule has 6 nitrogen and oxygen atoms in total. The monoisotopic (exact) mass is 360 g/mol. The number of nitrogens with one attached hydrogen (secondary N) is 1.